The zero-order chi connectivity index (χ0) is 13.6. The van der Waals surface area contributed by atoms with Crippen LogP contribution in [0.1, 0.15) is 18.0 Å². The smallest absolute Gasteiger partial charge is 0.309 e. The van der Waals surface area contributed by atoms with Crippen LogP contribution in [0.15, 0.2) is 30.3 Å². The van der Waals surface area contributed by atoms with E-state index < -0.39 is 29.4 Å². The Morgan fingerprint density at radius 3 is 2.39 bits per heavy atom. The standard InChI is InChI=1S/C12H16F3NOS/c1-18(17)8-7-16-11(9-12(13,14)15)10-5-3-2-4-6-10/h2-6,11,16H,7-9H2,1H3. The van der Waals surface area contributed by atoms with Crippen LogP contribution in [-0.4, -0.2) is 28.9 Å². The van der Waals surface area contributed by atoms with Gasteiger partial charge in [-0.25, -0.2) is 0 Å². The molecule has 1 N–H and O–H groups in total. The summed E-state index contributed by atoms with van der Waals surface area (Å²) < 4.78 is 48.3. The fraction of sp³-hybridized carbons (Fsp3) is 0.500. The predicted octanol–water partition coefficient (Wildman–Crippen LogP) is 2.65. The van der Waals surface area contributed by atoms with Crippen LogP contribution < -0.4 is 5.32 Å². The van der Waals surface area contributed by atoms with E-state index in [2.05, 4.69) is 5.32 Å². The van der Waals surface area contributed by atoms with E-state index in [1.165, 1.54) is 6.26 Å². The Morgan fingerprint density at radius 1 is 1.28 bits per heavy atom. The molecule has 0 bridgehead atoms. The molecule has 0 spiro atoms. The molecule has 0 amide bonds. The minimum Gasteiger partial charge on any atom is -0.309 e. The van der Waals surface area contributed by atoms with Crippen LogP contribution in [0.5, 0.6) is 0 Å². The molecule has 0 fully saturated rings. The molecule has 0 aliphatic heterocycles. The number of hydrogen-bond acceptors (Lipinski definition) is 2. The number of halogens is 3. The van der Waals surface area contributed by atoms with E-state index >= 15 is 0 Å². The van der Waals surface area contributed by atoms with Crippen molar-refractivity contribution in [3.8, 4) is 0 Å². The second kappa shape index (κ2) is 6.89. The molecule has 1 aromatic rings. The summed E-state index contributed by atoms with van der Waals surface area (Å²) in [7, 11) is -1.01. The molecular formula is C12H16F3NOS. The van der Waals surface area contributed by atoms with Gasteiger partial charge in [-0.2, -0.15) is 13.2 Å². The highest BCUT2D eigenvalue weighted by molar-refractivity contribution is 7.84. The zero-order valence-corrected chi connectivity index (χ0v) is 10.9. The maximum atomic E-state index is 12.5. The van der Waals surface area contributed by atoms with Crippen molar-refractivity contribution in [1.82, 2.24) is 5.32 Å². The Kier molecular flexibility index (Phi) is 5.81. The molecule has 2 nitrogen and oxygen atoms in total. The molecule has 0 aliphatic carbocycles. The second-order valence-electron chi connectivity index (χ2n) is 4.01. The van der Waals surface area contributed by atoms with Gasteiger partial charge in [0.2, 0.25) is 0 Å². The summed E-state index contributed by atoms with van der Waals surface area (Å²) in [5.74, 6) is 0.348. The molecule has 0 saturated carbocycles. The van der Waals surface area contributed by atoms with Gasteiger partial charge >= 0.3 is 6.18 Å². The Morgan fingerprint density at radius 2 is 1.89 bits per heavy atom. The average Bonchev–Trinajstić information content (AvgIpc) is 2.27. The van der Waals surface area contributed by atoms with Crippen LogP contribution in [0.3, 0.4) is 0 Å². The van der Waals surface area contributed by atoms with Crippen molar-refractivity contribution < 1.29 is 17.4 Å². The van der Waals surface area contributed by atoms with Crippen molar-refractivity contribution in [3.05, 3.63) is 35.9 Å². The van der Waals surface area contributed by atoms with Crippen LogP contribution in [0.2, 0.25) is 0 Å². The minimum atomic E-state index is -4.22. The first kappa shape index (κ1) is 15.2. The number of alkyl halides is 3. The van der Waals surface area contributed by atoms with E-state index in [0.29, 0.717) is 17.9 Å². The normalized spacial score (nSPS) is 15.3. The van der Waals surface area contributed by atoms with Crippen LogP contribution in [-0.2, 0) is 10.8 Å². The lowest BCUT2D eigenvalue weighted by molar-refractivity contribution is -0.140. The lowest BCUT2D eigenvalue weighted by Gasteiger charge is -2.20. The average molecular weight is 279 g/mol. The molecule has 0 radical (unpaired) electrons. The summed E-state index contributed by atoms with van der Waals surface area (Å²) in [6, 6.07) is 7.71. The summed E-state index contributed by atoms with van der Waals surface area (Å²) >= 11 is 0. The van der Waals surface area contributed by atoms with Gasteiger partial charge in [0, 0.05) is 35.4 Å². The van der Waals surface area contributed by atoms with Gasteiger partial charge in [-0.05, 0) is 5.56 Å². The van der Waals surface area contributed by atoms with E-state index in [4.69, 9.17) is 0 Å². The van der Waals surface area contributed by atoms with Gasteiger partial charge in [0.25, 0.3) is 0 Å². The summed E-state index contributed by atoms with van der Waals surface area (Å²) in [6.07, 6.45) is -3.62. The van der Waals surface area contributed by atoms with Crippen molar-refractivity contribution in [2.75, 3.05) is 18.6 Å². The molecule has 1 rings (SSSR count). The Balaban J connectivity index is 2.67. The SMILES string of the molecule is CS(=O)CCNC(CC(F)(F)F)c1ccccc1. The highest BCUT2D eigenvalue weighted by Crippen LogP contribution is 2.29. The number of rotatable bonds is 6. The topological polar surface area (TPSA) is 29.1 Å². The van der Waals surface area contributed by atoms with E-state index in [9.17, 15) is 17.4 Å². The molecule has 1 aromatic carbocycles. The highest BCUT2D eigenvalue weighted by Gasteiger charge is 2.32. The molecule has 2 unspecified atom stereocenters. The van der Waals surface area contributed by atoms with Gasteiger partial charge in [-0.1, -0.05) is 30.3 Å². The van der Waals surface area contributed by atoms with Gasteiger partial charge in [0.15, 0.2) is 0 Å². The number of benzene rings is 1. The maximum Gasteiger partial charge on any atom is 0.390 e. The summed E-state index contributed by atoms with van der Waals surface area (Å²) in [5, 5.41) is 2.81. The van der Waals surface area contributed by atoms with Crippen molar-refractivity contribution in [2.45, 2.75) is 18.6 Å². The minimum absolute atomic E-state index is 0.304. The molecular weight excluding hydrogens is 263 g/mol. The zero-order valence-electron chi connectivity index (χ0n) is 10.0. The third-order valence-electron chi connectivity index (χ3n) is 2.42. The lowest BCUT2D eigenvalue weighted by Crippen LogP contribution is -2.29. The molecule has 102 valence electrons. The van der Waals surface area contributed by atoms with E-state index in [-0.39, 0.29) is 0 Å². The van der Waals surface area contributed by atoms with Gasteiger partial charge in [0.1, 0.15) is 0 Å². The summed E-state index contributed by atoms with van der Waals surface area (Å²) in [6.45, 7) is 0.304. The molecule has 2 atom stereocenters. The van der Waals surface area contributed by atoms with Crippen molar-refractivity contribution in [1.29, 1.82) is 0 Å². The largest absolute Gasteiger partial charge is 0.390 e. The van der Waals surface area contributed by atoms with Crippen LogP contribution >= 0.6 is 0 Å². The molecule has 18 heavy (non-hydrogen) atoms. The fourth-order valence-corrected chi connectivity index (χ4v) is 2.01. The van der Waals surface area contributed by atoms with Gasteiger partial charge in [-0.3, -0.25) is 4.21 Å². The van der Waals surface area contributed by atoms with Crippen LogP contribution in [0, 0.1) is 0 Å². The van der Waals surface area contributed by atoms with Gasteiger partial charge in [0.05, 0.1) is 6.42 Å². The first-order valence-electron chi connectivity index (χ1n) is 5.53. The highest BCUT2D eigenvalue weighted by atomic mass is 32.2. The Bertz CT molecular complexity index is 381. The van der Waals surface area contributed by atoms with Crippen LogP contribution in [0.25, 0.3) is 0 Å². The molecule has 0 saturated heterocycles. The third kappa shape index (κ3) is 6.16. The van der Waals surface area contributed by atoms with Gasteiger partial charge in [-0.15, -0.1) is 0 Å². The Labute approximate surface area is 107 Å². The van der Waals surface area contributed by atoms with Crippen LogP contribution in [0.4, 0.5) is 13.2 Å². The van der Waals surface area contributed by atoms with Crippen molar-refractivity contribution in [2.24, 2.45) is 0 Å². The Hall–Kier alpha value is -0.880. The van der Waals surface area contributed by atoms with E-state index in [1.54, 1.807) is 30.3 Å². The number of nitrogens with one attached hydrogen (secondary N) is 1. The van der Waals surface area contributed by atoms with E-state index in [0.717, 1.165) is 0 Å². The predicted molar refractivity (Wildman–Crippen MR) is 66.8 cm³/mol. The first-order chi connectivity index (χ1) is 8.38. The molecule has 0 aliphatic rings. The van der Waals surface area contributed by atoms with Crippen molar-refractivity contribution >= 4 is 10.8 Å². The third-order valence-corrected chi connectivity index (χ3v) is 3.20. The monoisotopic (exact) mass is 279 g/mol. The fourth-order valence-electron chi connectivity index (χ4n) is 1.60. The van der Waals surface area contributed by atoms with Crippen molar-refractivity contribution in [3.63, 3.8) is 0 Å². The van der Waals surface area contributed by atoms with E-state index in [1.807, 2.05) is 0 Å². The van der Waals surface area contributed by atoms with Gasteiger partial charge < -0.3 is 5.32 Å². The second-order valence-corrected chi connectivity index (χ2v) is 5.57. The lowest BCUT2D eigenvalue weighted by atomic mass is 10.0. The maximum absolute atomic E-state index is 12.5. The molecule has 6 heteroatoms. The first-order valence-corrected chi connectivity index (χ1v) is 7.26. The quantitative estimate of drug-likeness (QED) is 0.867. The summed E-state index contributed by atoms with van der Waals surface area (Å²) in [4.78, 5) is 0. The molecule has 0 heterocycles. The molecule has 0 aromatic heterocycles. The summed E-state index contributed by atoms with van der Waals surface area (Å²) in [5.41, 5.74) is 0.594. The number of hydrogen-bond donors (Lipinski definition) is 1.